The van der Waals surface area contributed by atoms with Gasteiger partial charge in [0, 0.05) is 5.02 Å². The highest BCUT2D eigenvalue weighted by Gasteiger charge is 2.11. The summed E-state index contributed by atoms with van der Waals surface area (Å²) in [6.45, 7) is 0. The van der Waals surface area contributed by atoms with Crippen molar-refractivity contribution in [2.45, 2.75) is 0 Å². The maximum Gasteiger partial charge on any atom is 0.176 e. The van der Waals surface area contributed by atoms with Gasteiger partial charge in [-0.1, -0.05) is 11.6 Å². The second-order valence-corrected chi connectivity index (χ2v) is 4.00. The molecule has 0 amide bonds. The van der Waals surface area contributed by atoms with E-state index >= 15 is 0 Å². The molecule has 0 heterocycles. The third kappa shape index (κ3) is 2.66. The summed E-state index contributed by atoms with van der Waals surface area (Å²) in [5, 5.41) is 0.551. The Bertz CT molecular complexity index is 339. The lowest BCUT2D eigenvalue weighted by molar-refractivity contribution is 0.102. The van der Waals surface area contributed by atoms with Gasteiger partial charge in [0.05, 0.1) is 18.4 Å². The number of halogens is 1. The van der Waals surface area contributed by atoms with Gasteiger partial charge in [-0.05, 0) is 24.5 Å². The summed E-state index contributed by atoms with van der Waals surface area (Å²) in [6.07, 6.45) is 1.88. The highest BCUT2D eigenvalue weighted by molar-refractivity contribution is 7.99. The summed E-state index contributed by atoms with van der Waals surface area (Å²) in [6, 6.07) is 5.05. The van der Waals surface area contributed by atoms with Crippen molar-refractivity contribution in [2.75, 3.05) is 19.1 Å². The second kappa shape index (κ2) is 5.27. The molecule has 1 aromatic rings. The number of carbonyl (C=O) groups excluding carboxylic acids is 1. The van der Waals surface area contributed by atoms with Crippen molar-refractivity contribution >= 4 is 29.1 Å². The summed E-state index contributed by atoms with van der Waals surface area (Å²) in [7, 11) is 1.54. The average Bonchev–Trinajstić information content (AvgIpc) is 2.18. The van der Waals surface area contributed by atoms with Gasteiger partial charge in [0.1, 0.15) is 5.75 Å². The first kappa shape index (κ1) is 11.4. The Hall–Kier alpha value is -0.670. The number of ketones is 1. The van der Waals surface area contributed by atoms with Crippen molar-refractivity contribution in [3.63, 3.8) is 0 Å². The molecule has 0 saturated heterocycles. The Morgan fingerprint density at radius 2 is 2.29 bits per heavy atom. The van der Waals surface area contributed by atoms with Gasteiger partial charge in [-0.3, -0.25) is 4.79 Å². The van der Waals surface area contributed by atoms with Gasteiger partial charge in [0.25, 0.3) is 0 Å². The van der Waals surface area contributed by atoms with E-state index in [-0.39, 0.29) is 5.78 Å². The minimum Gasteiger partial charge on any atom is -0.496 e. The average molecular weight is 231 g/mol. The molecule has 0 unspecified atom stereocenters. The third-order valence-corrected chi connectivity index (χ3v) is 2.52. The van der Waals surface area contributed by atoms with Crippen molar-refractivity contribution in [3.05, 3.63) is 28.8 Å². The van der Waals surface area contributed by atoms with Crippen LogP contribution in [0.1, 0.15) is 10.4 Å². The van der Waals surface area contributed by atoms with Crippen molar-refractivity contribution in [3.8, 4) is 5.75 Å². The van der Waals surface area contributed by atoms with E-state index < -0.39 is 0 Å². The van der Waals surface area contributed by atoms with Crippen LogP contribution in [0.5, 0.6) is 5.75 Å². The monoisotopic (exact) mass is 230 g/mol. The second-order valence-electron chi connectivity index (χ2n) is 2.70. The number of benzene rings is 1. The van der Waals surface area contributed by atoms with Crippen LogP contribution in [0.3, 0.4) is 0 Å². The molecule has 0 atom stereocenters. The molecule has 0 N–H and O–H groups in total. The highest BCUT2D eigenvalue weighted by Crippen LogP contribution is 2.23. The number of thioether (sulfide) groups is 1. The van der Waals surface area contributed by atoms with Crippen LogP contribution >= 0.6 is 23.4 Å². The Morgan fingerprint density at radius 3 is 2.86 bits per heavy atom. The van der Waals surface area contributed by atoms with E-state index in [0.717, 1.165) is 0 Å². The first-order chi connectivity index (χ1) is 6.69. The predicted molar refractivity (Wildman–Crippen MR) is 60.7 cm³/mol. The lowest BCUT2D eigenvalue weighted by atomic mass is 10.1. The highest BCUT2D eigenvalue weighted by atomic mass is 35.5. The van der Waals surface area contributed by atoms with Crippen LogP contribution in [0.4, 0.5) is 0 Å². The van der Waals surface area contributed by atoms with Crippen molar-refractivity contribution in [2.24, 2.45) is 0 Å². The molecule has 0 radical (unpaired) electrons. The van der Waals surface area contributed by atoms with Gasteiger partial charge in [-0.2, -0.15) is 11.8 Å². The fourth-order valence-corrected chi connectivity index (χ4v) is 1.70. The molecule has 2 nitrogen and oxygen atoms in total. The zero-order valence-electron chi connectivity index (χ0n) is 8.04. The van der Waals surface area contributed by atoms with Gasteiger partial charge >= 0.3 is 0 Å². The Labute approximate surface area is 92.6 Å². The van der Waals surface area contributed by atoms with Crippen LogP contribution in [0.15, 0.2) is 18.2 Å². The van der Waals surface area contributed by atoms with E-state index in [0.29, 0.717) is 22.1 Å². The third-order valence-electron chi connectivity index (χ3n) is 1.74. The van der Waals surface area contributed by atoms with E-state index in [1.54, 1.807) is 25.3 Å². The number of Topliss-reactive ketones (excluding diaryl/α,β-unsaturated/α-hetero) is 1. The standard InChI is InChI=1S/C10H11ClO2S/c1-13-10-4-3-7(11)5-8(10)9(12)6-14-2/h3-5H,6H2,1-2H3. The molecule has 0 aliphatic carbocycles. The van der Waals surface area contributed by atoms with Crippen LogP contribution in [0, 0.1) is 0 Å². The molecule has 0 aliphatic rings. The van der Waals surface area contributed by atoms with Gasteiger partial charge in [0.15, 0.2) is 5.78 Å². The molecule has 0 bridgehead atoms. The topological polar surface area (TPSA) is 26.3 Å². The predicted octanol–water partition coefficient (Wildman–Crippen LogP) is 2.89. The van der Waals surface area contributed by atoms with Crippen molar-refractivity contribution in [1.29, 1.82) is 0 Å². The van der Waals surface area contributed by atoms with Crippen LogP contribution in [0.2, 0.25) is 5.02 Å². The van der Waals surface area contributed by atoms with Crippen LogP contribution in [0.25, 0.3) is 0 Å². The summed E-state index contributed by atoms with van der Waals surface area (Å²) in [4.78, 5) is 11.6. The molecule has 0 spiro atoms. The number of ether oxygens (including phenoxy) is 1. The van der Waals surface area contributed by atoms with E-state index in [2.05, 4.69) is 0 Å². The summed E-state index contributed by atoms with van der Waals surface area (Å²) in [5.74, 6) is 1.06. The number of methoxy groups -OCH3 is 1. The van der Waals surface area contributed by atoms with E-state index in [4.69, 9.17) is 16.3 Å². The fourth-order valence-electron chi connectivity index (χ4n) is 1.11. The zero-order chi connectivity index (χ0) is 10.6. The molecular formula is C10H11ClO2S. The molecule has 0 saturated carbocycles. The molecule has 0 aliphatic heterocycles. The Kier molecular flexibility index (Phi) is 4.29. The quantitative estimate of drug-likeness (QED) is 0.744. The molecule has 1 aromatic carbocycles. The maximum atomic E-state index is 11.6. The van der Waals surface area contributed by atoms with Crippen molar-refractivity contribution < 1.29 is 9.53 Å². The fraction of sp³-hybridized carbons (Fsp3) is 0.300. The zero-order valence-corrected chi connectivity index (χ0v) is 9.61. The van der Waals surface area contributed by atoms with Gasteiger partial charge in [-0.15, -0.1) is 0 Å². The molecule has 76 valence electrons. The normalized spacial score (nSPS) is 9.93. The van der Waals surface area contributed by atoms with E-state index in [9.17, 15) is 4.79 Å². The van der Waals surface area contributed by atoms with Gasteiger partial charge < -0.3 is 4.74 Å². The Morgan fingerprint density at radius 1 is 1.57 bits per heavy atom. The molecule has 0 fully saturated rings. The van der Waals surface area contributed by atoms with Crippen molar-refractivity contribution in [1.82, 2.24) is 0 Å². The summed E-state index contributed by atoms with van der Waals surface area (Å²) >= 11 is 7.28. The lowest BCUT2D eigenvalue weighted by Crippen LogP contribution is -2.04. The smallest absolute Gasteiger partial charge is 0.176 e. The van der Waals surface area contributed by atoms with E-state index in [1.165, 1.54) is 11.8 Å². The molecular weight excluding hydrogens is 220 g/mol. The van der Waals surface area contributed by atoms with Crippen LogP contribution in [-0.4, -0.2) is 24.9 Å². The molecule has 0 aromatic heterocycles. The minimum absolute atomic E-state index is 0.0388. The minimum atomic E-state index is 0.0388. The summed E-state index contributed by atoms with van der Waals surface area (Å²) < 4.78 is 5.08. The van der Waals surface area contributed by atoms with Gasteiger partial charge in [0.2, 0.25) is 0 Å². The number of hydrogen-bond donors (Lipinski definition) is 0. The first-order valence-electron chi connectivity index (χ1n) is 4.04. The molecule has 14 heavy (non-hydrogen) atoms. The van der Waals surface area contributed by atoms with Gasteiger partial charge in [-0.25, -0.2) is 0 Å². The number of hydrogen-bond acceptors (Lipinski definition) is 3. The molecule has 1 rings (SSSR count). The number of rotatable bonds is 4. The SMILES string of the molecule is COc1ccc(Cl)cc1C(=O)CSC. The molecule has 4 heteroatoms. The van der Waals surface area contributed by atoms with Crippen LogP contribution in [-0.2, 0) is 0 Å². The largest absolute Gasteiger partial charge is 0.496 e. The van der Waals surface area contributed by atoms with Crippen LogP contribution < -0.4 is 4.74 Å². The first-order valence-corrected chi connectivity index (χ1v) is 5.82. The maximum absolute atomic E-state index is 11.6. The Balaban J connectivity index is 3.03. The number of carbonyl (C=O) groups is 1. The lowest BCUT2D eigenvalue weighted by Gasteiger charge is -2.06. The van der Waals surface area contributed by atoms with E-state index in [1.807, 2.05) is 6.26 Å². The summed E-state index contributed by atoms with van der Waals surface area (Å²) in [5.41, 5.74) is 0.550.